The standard InChI is InChI=1S/C22H28N6OS2Si.C17H24N4OSSi.C6H7ClN2S/c1-14-11-23-22(30-3)25-19(14)17-12-28(13-29-9-10-32(4,5)6)20-16(17)7-8-18(24-20)21-27-26-15(2)31-21;1-12-10-21(11-22-8-9-24(3,4)5)16-14(12)6-7-15(18-16)17-20-19-13(2)23-17;1-4-3-8-6(10-2)9-5(4)7/h7-8,11-12H,9-10,13H2,1-6H3;6-7,10H,8-9,11H2,1-5H3;3H,1-2H3. The quantitative estimate of drug-likeness (QED) is 0.0314. The molecule has 8 aromatic heterocycles. The summed E-state index contributed by atoms with van der Waals surface area (Å²) in [6.07, 6.45) is 11.7. The van der Waals surface area contributed by atoms with Gasteiger partial charge in [-0.3, -0.25) is 0 Å². The summed E-state index contributed by atoms with van der Waals surface area (Å²) in [4.78, 5) is 27.0. The molecule has 0 unspecified atom stereocenters. The summed E-state index contributed by atoms with van der Waals surface area (Å²) in [7, 11) is -2.21. The fourth-order valence-electron chi connectivity index (χ4n) is 6.31. The van der Waals surface area contributed by atoms with Crippen LogP contribution in [0.4, 0.5) is 0 Å². The third kappa shape index (κ3) is 14.0. The monoisotopic (exact) mass is 1020 g/mol. The van der Waals surface area contributed by atoms with Crippen molar-refractivity contribution in [2.45, 2.75) is 110 Å². The minimum Gasteiger partial charge on any atom is -0.361 e. The molecule has 0 saturated heterocycles. The molecule has 0 spiro atoms. The van der Waals surface area contributed by atoms with E-state index in [1.165, 1.54) is 23.4 Å². The molecule has 0 aromatic carbocycles. The number of hydrogen-bond donors (Lipinski definition) is 0. The number of nitrogens with zero attached hydrogens (tertiary/aromatic N) is 12. The Morgan fingerprint density at radius 2 is 1.08 bits per heavy atom. The summed E-state index contributed by atoms with van der Waals surface area (Å²) in [6.45, 7) is 26.7. The molecule has 66 heavy (non-hydrogen) atoms. The molecule has 0 N–H and O–H groups in total. The van der Waals surface area contributed by atoms with Gasteiger partial charge in [0.15, 0.2) is 20.3 Å². The number of hydrogen-bond acceptors (Lipinski definition) is 16. The lowest BCUT2D eigenvalue weighted by molar-refractivity contribution is 0.0898. The Hall–Kier alpha value is -4.00. The SMILES string of the molecule is CSc1ncc(C)c(-c2cn(COCC[Si](C)(C)C)c3nc(-c4nnc(C)s4)ccc23)n1.CSc1ncc(C)c(Cl)n1.Cc1nnc(-c2ccc3c(C)cn(COCC[Si](C)(C)C)c3n2)s1. The molecule has 0 atom stereocenters. The van der Waals surface area contributed by atoms with Crippen molar-refractivity contribution < 1.29 is 9.47 Å². The summed E-state index contributed by atoms with van der Waals surface area (Å²) in [6, 6.07) is 10.5. The number of thioether (sulfide) groups is 2. The van der Waals surface area contributed by atoms with Crippen molar-refractivity contribution in [3.63, 3.8) is 0 Å². The Morgan fingerprint density at radius 1 is 0.591 bits per heavy atom. The Morgan fingerprint density at radius 3 is 1.56 bits per heavy atom. The van der Waals surface area contributed by atoms with E-state index in [0.29, 0.717) is 18.6 Å². The van der Waals surface area contributed by atoms with E-state index in [1.807, 2.05) is 58.5 Å². The topological polar surface area (TPSA) is 157 Å². The van der Waals surface area contributed by atoms with E-state index in [-0.39, 0.29) is 0 Å². The average molecular weight is 1020 g/mol. The van der Waals surface area contributed by atoms with Crippen molar-refractivity contribution in [1.82, 2.24) is 59.4 Å². The number of rotatable bonds is 15. The van der Waals surface area contributed by atoms with Gasteiger partial charge in [-0.2, -0.15) is 0 Å². The molecule has 0 bridgehead atoms. The smallest absolute Gasteiger partial charge is 0.188 e. The van der Waals surface area contributed by atoms with Crippen molar-refractivity contribution in [1.29, 1.82) is 0 Å². The van der Waals surface area contributed by atoms with E-state index >= 15 is 0 Å². The highest BCUT2D eigenvalue weighted by Crippen LogP contribution is 2.34. The summed E-state index contributed by atoms with van der Waals surface area (Å²) in [5.41, 5.74) is 8.63. The van der Waals surface area contributed by atoms with Crippen LogP contribution in [-0.4, -0.2) is 101 Å². The zero-order valence-electron chi connectivity index (χ0n) is 40.1. The predicted molar refractivity (Wildman–Crippen MR) is 281 cm³/mol. The molecule has 0 aliphatic rings. The van der Waals surface area contributed by atoms with Crippen LogP contribution in [-0.2, 0) is 22.9 Å². The van der Waals surface area contributed by atoms with Crippen LogP contribution in [0.25, 0.3) is 54.7 Å². The van der Waals surface area contributed by atoms with E-state index < -0.39 is 16.1 Å². The molecule has 21 heteroatoms. The van der Waals surface area contributed by atoms with E-state index in [2.05, 4.69) is 115 Å². The maximum absolute atomic E-state index is 6.07. The molecule has 0 radical (unpaired) electrons. The first-order chi connectivity index (χ1) is 31.3. The predicted octanol–water partition coefficient (Wildman–Crippen LogP) is 12.3. The normalized spacial score (nSPS) is 11.8. The minimum atomic E-state index is -1.15. The second-order valence-corrected chi connectivity index (χ2v) is 33.6. The average Bonchev–Trinajstić information content (AvgIpc) is 4.07. The molecule has 8 rings (SSSR count). The first-order valence-corrected chi connectivity index (χ1v) is 33.3. The summed E-state index contributed by atoms with van der Waals surface area (Å²) in [5.74, 6) is 0. The highest BCUT2D eigenvalue weighted by molar-refractivity contribution is 7.98. The van der Waals surface area contributed by atoms with Crippen molar-refractivity contribution in [3.8, 4) is 32.7 Å². The maximum atomic E-state index is 6.07. The number of fused-ring (bicyclic) bond motifs is 2. The minimum absolute atomic E-state index is 0.450. The van der Waals surface area contributed by atoms with Crippen LogP contribution < -0.4 is 0 Å². The second-order valence-electron chi connectivity index (χ2n) is 18.1. The summed E-state index contributed by atoms with van der Waals surface area (Å²) >= 11 is 11.9. The molecule has 350 valence electrons. The van der Waals surface area contributed by atoms with Crippen molar-refractivity contribution in [3.05, 3.63) is 80.9 Å². The van der Waals surface area contributed by atoms with Gasteiger partial charge in [0, 0.05) is 76.0 Å². The van der Waals surface area contributed by atoms with Gasteiger partial charge in [0.2, 0.25) is 0 Å². The van der Waals surface area contributed by atoms with Crippen molar-refractivity contribution in [2.75, 3.05) is 25.7 Å². The van der Waals surface area contributed by atoms with Crippen molar-refractivity contribution in [2.24, 2.45) is 0 Å². The van der Waals surface area contributed by atoms with Gasteiger partial charge in [0.25, 0.3) is 0 Å². The van der Waals surface area contributed by atoms with Crippen LogP contribution in [0, 0.1) is 34.6 Å². The van der Waals surface area contributed by atoms with Gasteiger partial charge in [-0.15, -0.1) is 20.4 Å². The molecule has 0 aliphatic heterocycles. The molecular formula is C45H59ClN12O2S4Si2. The zero-order chi connectivity index (χ0) is 47.8. The Balaban J connectivity index is 0.000000185. The van der Waals surface area contributed by atoms with Gasteiger partial charge < -0.3 is 18.6 Å². The lowest BCUT2D eigenvalue weighted by Crippen LogP contribution is -2.22. The number of aryl methyl sites for hydroxylation is 5. The largest absolute Gasteiger partial charge is 0.361 e. The van der Waals surface area contributed by atoms with E-state index in [9.17, 15) is 0 Å². The van der Waals surface area contributed by atoms with Crippen LogP contribution in [0.2, 0.25) is 56.5 Å². The highest BCUT2D eigenvalue weighted by Gasteiger charge is 2.19. The molecule has 0 saturated carbocycles. The molecule has 0 amide bonds. The van der Waals surface area contributed by atoms with Crippen LogP contribution in [0.15, 0.2) is 59.4 Å². The summed E-state index contributed by atoms with van der Waals surface area (Å²) < 4.78 is 16.1. The second kappa shape index (κ2) is 22.9. The Labute approximate surface area is 411 Å². The van der Waals surface area contributed by atoms with Crippen LogP contribution in [0.3, 0.4) is 0 Å². The van der Waals surface area contributed by atoms with E-state index in [1.54, 1.807) is 40.6 Å². The molecule has 14 nitrogen and oxygen atoms in total. The third-order valence-electron chi connectivity index (χ3n) is 10.0. The lowest BCUT2D eigenvalue weighted by atomic mass is 10.1. The Bertz CT molecular complexity index is 2890. The number of ether oxygens (including phenoxy) is 2. The maximum Gasteiger partial charge on any atom is 0.188 e. The fraction of sp³-hybridized carbons (Fsp3) is 0.422. The molecule has 0 fully saturated rings. The van der Waals surface area contributed by atoms with Crippen LogP contribution in [0.5, 0.6) is 0 Å². The van der Waals surface area contributed by atoms with Gasteiger partial charge in [-0.25, -0.2) is 29.9 Å². The molecule has 8 heterocycles. The van der Waals surface area contributed by atoms with Crippen LogP contribution in [0.1, 0.15) is 26.7 Å². The number of aromatic nitrogens is 12. The molecule has 8 aromatic rings. The molecular weight excluding hydrogens is 960 g/mol. The van der Waals surface area contributed by atoms with E-state index in [4.69, 9.17) is 36.0 Å². The lowest BCUT2D eigenvalue weighted by Gasteiger charge is -2.15. The Kier molecular flexibility index (Phi) is 17.8. The van der Waals surface area contributed by atoms with E-state index in [0.717, 1.165) is 105 Å². The number of pyridine rings is 2. The van der Waals surface area contributed by atoms with Crippen molar-refractivity contribution >= 4 is 96.0 Å². The van der Waals surface area contributed by atoms with Gasteiger partial charge in [0.05, 0.1) is 5.69 Å². The van der Waals surface area contributed by atoms with Gasteiger partial charge in [0.1, 0.15) is 51.3 Å². The first kappa shape index (κ1) is 51.4. The summed E-state index contributed by atoms with van der Waals surface area (Å²) in [5, 5.41) is 24.5. The zero-order valence-corrected chi connectivity index (χ0v) is 46.1. The number of halogens is 1. The fourth-order valence-corrected chi connectivity index (χ4v) is 10.0. The van der Waals surface area contributed by atoms with Gasteiger partial charge in [-0.1, -0.05) is 97.1 Å². The van der Waals surface area contributed by atoms with Crippen LogP contribution >= 0.6 is 57.8 Å². The first-order valence-electron chi connectivity index (χ1n) is 21.5. The van der Waals surface area contributed by atoms with Gasteiger partial charge >= 0.3 is 0 Å². The van der Waals surface area contributed by atoms with Gasteiger partial charge in [-0.05, 0) is 94.6 Å². The third-order valence-corrected chi connectivity index (χ3v) is 16.7. The molecule has 0 aliphatic carbocycles. The highest BCUT2D eigenvalue weighted by atomic mass is 35.5.